The van der Waals surface area contributed by atoms with Crippen molar-refractivity contribution in [1.82, 2.24) is 0 Å². The molecule has 1 atom stereocenters. The molecule has 0 radical (unpaired) electrons. The van der Waals surface area contributed by atoms with E-state index in [1.807, 2.05) is 11.0 Å². The number of alkyl halides is 1. The zero-order valence-corrected chi connectivity index (χ0v) is 10.0. The molecule has 1 fully saturated rings. The second-order valence-electron chi connectivity index (χ2n) is 3.97. The zero-order valence-electron chi connectivity index (χ0n) is 9.25. The molecule has 1 aliphatic heterocycles. The van der Waals surface area contributed by atoms with Gasteiger partial charge >= 0.3 is 0 Å². The summed E-state index contributed by atoms with van der Waals surface area (Å²) in [5.41, 5.74) is 1.48. The number of nitrogens with zero attached hydrogens (tertiary/aromatic N) is 1. The summed E-state index contributed by atoms with van der Waals surface area (Å²) in [6, 6.07) is 5.04. The van der Waals surface area contributed by atoms with E-state index < -0.39 is 0 Å². The minimum absolute atomic E-state index is 0.197. The topological polar surface area (TPSA) is 12.5 Å². The number of benzene rings is 1. The highest BCUT2D eigenvalue weighted by Crippen LogP contribution is 2.29. The predicted molar refractivity (Wildman–Crippen MR) is 63.6 cm³/mol. The van der Waals surface area contributed by atoms with Crippen LogP contribution in [0.25, 0.3) is 0 Å². The standard InChI is InChI=1S/C12H15ClFNO/c1-16-10-5-6-15(8-10)12-9(7-13)3-2-4-11(12)14/h2-4,10H,5-8H2,1H3. The second kappa shape index (κ2) is 5.02. The largest absolute Gasteiger partial charge is 0.380 e. The van der Waals surface area contributed by atoms with E-state index in [0.29, 0.717) is 11.6 Å². The molecule has 2 rings (SSSR count). The Labute approximate surface area is 100.0 Å². The van der Waals surface area contributed by atoms with Crippen molar-refractivity contribution in [1.29, 1.82) is 0 Å². The molecule has 88 valence electrons. The van der Waals surface area contributed by atoms with Crippen molar-refractivity contribution in [2.45, 2.75) is 18.4 Å². The van der Waals surface area contributed by atoms with Gasteiger partial charge in [-0.1, -0.05) is 12.1 Å². The van der Waals surface area contributed by atoms with Gasteiger partial charge in [-0.2, -0.15) is 0 Å². The predicted octanol–water partition coefficient (Wildman–Crippen LogP) is 2.79. The first-order chi connectivity index (χ1) is 7.76. The van der Waals surface area contributed by atoms with Gasteiger partial charge in [-0.25, -0.2) is 4.39 Å². The summed E-state index contributed by atoms with van der Waals surface area (Å²) >= 11 is 5.83. The molecule has 0 amide bonds. The minimum atomic E-state index is -0.199. The molecule has 1 aromatic rings. The van der Waals surface area contributed by atoms with Gasteiger partial charge in [0.15, 0.2) is 0 Å². The van der Waals surface area contributed by atoms with Gasteiger partial charge in [0.05, 0.1) is 11.8 Å². The minimum Gasteiger partial charge on any atom is -0.380 e. The van der Waals surface area contributed by atoms with Gasteiger partial charge in [0.25, 0.3) is 0 Å². The fourth-order valence-electron chi connectivity index (χ4n) is 2.15. The smallest absolute Gasteiger partial charge is 0.146 e. The van der Waals surface area contributed by atoms with E-state index >= 15 is 0 Å². The maximum Gasteiger partial charge on any atom is 0.146 e. The third-order valence-electron chi connectivity index (χ3n) is 3.01. The summed E-state index contributed by atoms with van der Waals surface area (Å²) in [5.74, 6) is 0.135. The zero-order chi connectivity index (χ0) is 11.5. The van der Waals surface area contributed by atoms with Crippen LogP contribution in [0.4, 0.5) is 10.1 Å². The van der Waals surface area contributed by atoms with E-state index in [0.717, 1.165) is 25.1 Å². The van der Waals surface area contributed by atoms with Crippen LogP contribution < -0.4 is 4.90 Å². The Kier molecular flexibility index (Phi) is 3.66. The van der Waals surface area contributed by atoms with Gasteiger partial charge in [-0.05, 0) is 18.1 Å². The van der Waals surface area contributed by atoms with Gasteiger partial charge in [0.2, 0.25) is 0 Å². The SMILES string of the molecule is COC1CCN(c2c(F)cccc2CCl)C1. The van der Waals surface area contributed by atoms with Gasteiger partial charge in [-0.3, -0.25) is 0 Å². The molecule has 16 heavy (non-hydrogen) atoms. The van der Waals surface area contributed by atoms with Crippen LogP contribution >= 0.6 is 11.6 Å². The van der Waals surface area contributed by atoms with Crippen LogP contribution in [0.1, 0.15) is 12.0 Å². The van der Waals surface area contributed by atoms with Gasteiger partial charge < -0.3 is 9.64 Å². The number of rotatable bonds is 3. The van der Waals surface area contributed by atoms with Gasteiger partial charge in [0.1, 0.15) is 5.82 Å². The van der Waals surface area contributed by atoms with Crippen molar-refractivity contribution in [3.63, 3.8) is 0 Å². The molecule has 0 aliphatic carbocycles. The van der Waals surface area contributed by atoms with E-state index in [-0.39, 0.29) is 11.9 Å². The first kappa shape index (κ1) is 11.7. The van der Waals surface area contributed by atoms with Crippen molar-refractivity contribution in [3.05, 3.63) is 29.6 Å². The van der Waals surface area contributed by atoms with Crippen LogP contribution in [0.2, 0.25) is 0 Å². The van der Waals surface area contributed by atoms with Crippen molar-refractivity contribution in [2.24, 2.45) is 0 Å². The number of methoxy groups -OCH3 is 1. The molecule has 2 nitrogen and oxygen atoms in total. The Balaban J connectivity index is 2.26. The van der Waals surface area contributed by atoms with Crippen molar-refractivity contribution < 1.29 is 9.13 Å². The van der Waals surface area contributed by atoms with Gasteiger partial charge in [-0.15, -0.1) is 11.6 Å². The lowest BCUT2D eigenvalue weighted by Crippen LogP contribution is -2.24. The Bertz CT molecular complexity index is 372. The summed E-state index contributed by atoms with van der Waals surface area (Å²) in [6.45, 7) is 1.56. The Hall–Kier alpha value is -0.800. The molecule has 1 heterocycles. The fourth-order valence-corrected chi connectivity index (χ4v) is 2.36. The molecular weight excluding hydrogens is 229 g/mol. The average Bonchev–Trinajstić information content (AvgIpc) is 2.76. The van der Waals surface area contributed by atoms with E-state index in [1.165, 1.54) is 6.07 Å². The molecule has 4 heteroatoms. The van der Waals surface area contributed by atoms with Crippen LogP contribution in [-0.2, 0) is 10.6 Å². The fraction of sp³-hybridized carbons (Fsp3) is 0.500. The lowest BCUT2D eigenvalue weighted by molar-refractivity contribution is 0.121. The summed E-state index contributed by atoms with van der Waals surface area (Å²) < 4.78 is 19.1. The number of anilines is 1. The maximum atomic E-state index is 13.8. The van der Waals surface area contributed by atoms with Crippen molar-refractivity contribution >= 4 is 17.3 Å². The number of hydrogen-bond donors (Lipinski definition) is 0. The molecule has 1 unspecified atom stereocenters. The monoisotopic (exact) mass is 243 g/mol. The Morgan fingerprint density at radius 1 is 1.56 bits per heavy atom. The highest BCUT2D eigenvalue weighted by molar-refractivity contribution is 6.17. The number of ether oxygens (including phenoxy) is 1. The van der Waals surface area contributed by atoms with E-state index in [9.17, 15) is 4.39 Å². The maximum absolute atomic E-state index is 13.8. The van der Waals surface area contributed by atoms with E-state index in [4.69, 9.17) is 16.3 Å². The molecule has 1 aliphatic rings. The molecule has 1 saturated heterocycles. The summed E-state index contributed by atoms with van der Waals surface area (Å²) in [6.07, 6.45) is 1.13. The lowest BCUT2D eigenvalue weighted by Gasteiger charge is -2.21. The van der Waals surface area contributed by atoms with E-state index in [1.54, 1.807) is 13.2 Å². The molecule has 0 bridgehead atoms. The molecule has 0 aromatic heterocycles. The Morgan fingerprint density at radius 2 is 2.38 bits per heavy atom. The molecule has 1 aromatic carbocycles. The summed E-state index contributed by atoms with van der Waals surface area (Å²) in [4.78, 5) is 2.02. The number of hydrogen-bond acceptors (Lipinski definition) is 2. The van der Waals surface area contributed by atoms with Gasteiger partial charge in [0, 0.05) is 26.1 Å². The lowest BCUT2D eigenvalue weighted by atomic mass is 10.1. The summed E-state index contributed by atoms with van der Waals surface area (Å²) in [5, 5.41) is 0. The van der Waals surface area contributed by atoms with Crippen LogP contribution in [0.5, 0.6) is 0 Å². The number of para-hydroxylation sites is 1. The van der Waals surface area contributed by atoms with Crippen molar-refractivity contribution in [3.8, 4) is 0 Å². The first-order valence-corrected chi connectivity index (χ1v) is 5.90. The normalized spacial score (nSPS) is 20.4. The van der Waals surface area contributed by atoms with Crippen LogP contribution in [0, 0.1) is 5.82 Å². The molecule has 0 saturated carbocycles. The van der Waals surface area contributed by atoms with Crippen LogP contribution in [0.3, 0.4) is 0 Å². The number of halogens is 2. The highest BCUT2D eigenvalue weighted by atomic mass is 35.5. The molecule has 0 N–H and O–H groups in total. The Morgan fingerprint density at radius 3 is 3.00 bits per heavy atom. The van der Waals surface area contributed by atoms with Crippen LogP contribution in [-0.4, -0.2) is 26.3 Å². The highest BCUT2D eigenvalue weighted by Gasteiger charge is 2.25. The quantitative estimate of drug-likeness (QED) is 0.757. The van der Waals surface area contributed by atoms with E-state index in [2.05, 4.69) is 0 Å². The molecular formula is C12H15ClFNO. The third kappa shape index (κ3) is 2.15. The molecule has 0 spiro atoms. The first-order valence-electron chi connectivity index (χ1n) is 5.37. The third-order valence-corrected chi connectivity index (χ3v) is 3.30. The van der Waals surface area contributed by atoms with Crippen LogP contribution in [0.15, 0.2) is 18.2 Å². The summed E-state index contributed by atoms with van der Waals surface area (Å²) in [7, 11) is 1.69. The van der Waals surface area contributed by atoms with Crippen molar-refractivity contribution in [2.75, 3.05) is 25.1 Å². The average molecular weight is 244 g/mol. The second-order valence-corrected chi connectivity index (χ2v) is 4.24.